The Labute approximate surface area is 132 Å². The fourth-order valence-corrected chi connectivity index (χ4v) is 3.48. The molecule has 22 heavy (non-hydrogen) atoms. The number of aryl methyl sites for hydroxylation is 1. The summed E-state index contributed by atoms with van der Waals surface area (Å²) in [5.74, 6) is 2.74. The maximum atomic E-state index is 12.0. The summed E-state index contributed by atoms with van der Waals surface area (Å²) < 4.78 is 2.18. The topological polar surface area (TPSA) is 71.8 Å². The molecule has 3 rings (SSSR count). The van der Waals surface area contributed by atoms with Gasteiger partial charge in [0.25, 0.3) is 0 Å². The van der Waals surface area contributed by atoms with Gasteiger partial charge in [-0.15, -0.1) is 10.2 Å². The SMILES string of the molecule is CC1CCC(NC(=O)NCc2nnc3n2CCCCC3)CC1. The second-order valence-electron chi connectivity index (χ2n) is 6.78. The van der Waals surface area contributed by atoms with E-state index in [-0.39, 0.29) is 6.03 Å². The first-order valence-electron chi connectivity index (χ1n) is 8.67. The molecule has 1 aliphatic carbocycles. The summed E-state index contributed by atoms with van der Waals surface area (Å²) in [6.45, 7) is 3.72. The van der Waals surface area contributed by atoms with Crippen LogP contribution in [0.25, 0.3) is 0 Å². The van der Waals surface area contributed by atoms with Gasteiger partial charge in [-0.2, -0.15) is 0 Å². The van der Waals surface area contributed by atoms with E-state index in [0.717, 1.165) is 43.4 Å². The van der Waals surface area contributed by atoms with Crippen molar-refractivity contribution in [2.24, 2.45) is 5.92 Å². The minimum Gasteiger partial charge on any atom is -0.335 e. The predicted molar refractivity (Wildman–Crippen MR) is 84.4 cm³/mol. The molecule has 6 nitrogen and oxygen atoms in total. The predicted octanol–water partition coefficient (Wildman–Crippen LogP) is 2.38. The summed E-state index contributed by atoms with van der Waals surface area (Å²) in [6, 6.07) is 0.247. The van der Waals surface area contributed by atoms with E-state index in [4.69, 9.17) is 0 Å². The van der Waals surface area contributed by atoms with Gasteiger partial charge in [0.15, 0.2) is 5.82 Å². The van der Waals surface area contributed by atoms with Crippen molar-refractivity contribution in [2.45, 2.75) is 77.4 Å². The highest BCUT2D eigenvalue weighted by Gasteiger charge is 2.20. The quantitative estimate of drug-likeness (QED) is 0.900. The number of carbonyl (C=O) groups excluding carboxylic acids is 1. The van der Waals surface area contributed by atoms with Crippen LogP contribution in [0.4, 0.5) is 4.79 Å². The zero-order valence-corrected chi connectivity index (χ0v) is 13.5. The van der Waals surface area contributed by atoms with Gasteiger partial charge in [0, 0.05) is 19.0 Å². The number of nitrogens with one attached hydrogen (secondary N) is 2. The Balaban J connectivity index is 1.48. The van der Waals surface area contributed by atoms with Crippen LogP contribution in [0.5, 0.6) is 0 Å². The van der Waals surface area contributed by atoms with E-state index in [0.29, 0.717) is 12.6 Å². The van der Waals surface area contributed by atoms with Gasteiger partial charge in [-0.3, -0.25) is 0 Å². The molecule has 2 amide bonds. The van der Waals surface area contributed by atoms with E-state index < -0.39 is 0 Å². The molecule has 0 spiro atoms. The fourth-order valence-electron chi connectivity index (χ4n) is 3.48. The molecule has 2 heterocycles. The zero-order chi connectivity index (χ0) is 15.4. The van der Waals surface area contributed by atoms with Gasteiger partial charge < -0.3 is 15.2 Å². The number of aromatic nitrogens is 3. The smallest absolute Gasteiger partial charge is 0.315 e. The van der Waals surface area contributed by atoms with Crippen molar-refractivity contribution >= 4 is 6.03 Å². The summed E-state index contributed by atoms with van der Waals surface area (Å²) in [6.07, 6.45) is 9.21. The van der Waals surface area contributed by atoms with Crippen molar-refractivity contribution in [3.63, 3.8) is 0 Å². The molecule has 0 atom stereocenters. The summed E-state index contributed by atoms with van der Waals surface area (Å²) in [4.78, 5) is 12.0. The molecule has 2 aliphatic rings. The van der Waals surface area contributed by atoms with Crippen molar-refractivity contribution in [2.75, 3.05) is 0 Å². The maximum absolute atomic E-state index is 12.0. The molecule has 1 aromatic rings. The molecule has 6 heteroatoms. The highest BCUT2D eigenvalue weighted by atomic mass is 16.2. The monoisotopic (exact) mass is 305 g/mol. The lowest BCUT2D eigenvalue weighted by molar-refractivity contribution is 0.227. The highest BCUT2D eigenvalue weighted by molar-refractivity contribution is 5.74. The third-order valence-electron chi connectivity index (χ3n) is 4.94. The third kappa shape index (κ3) is 3.78. The molecule has 0 bridgehead atoms. The van der Waals surface area contributed by atoms with E-state index in [1.807, 2.05) is 0 Å². The number of fused-ring (bicyclic) bond motifs is 1. The Kier molecular flexibility index (Phi) is 4.95. The van der Waals surface area contributed by atoms with Crippen LogP contribution in [0.15, 0.2) is 0 Å². The molecule has 0 unspecified atom stereocenters. The number of hydrogen-bond acceptors (Lipinski definition) is 3. The van der Waals surface area contributed by atoms with Crippen LogP contribution in [-0.4, -0.2) is 26.8 Å². The molecule has 0 aromatic carbocycles. The normalized spacial score (nSPS) is 25.1. The lowest BCUT2D eigenvalue weighted by Crippen LogP contribution is -2.43. The molecule has 1 aliphatic heterocycles. The Hall–Kier alpha value is -1.59. The van der Waals surface area contributed by atoms with Gasteiger partial charge in [0.05, 0.1) is 6.54 Å². The van der Waals surface area contributed by atoms with Crippen molar-refractivity contribution in [1.82, 2.24) is 25.4 Å². The fraction of sp³-hybridized carbons (Fsp3) is 0.812. The second-order valence-corrected chi connectivity index (χ2v) is 6.78. The molecule has 122 valence electrons. The standard InChI is InChI=1S/C16H27N5O/c1-12-6-8-13(9-7-12)18-16(22)17-11-15-20-19-14-5-3-2-4-10-21(14)15/h12-13H,2-11H2,1H3,(H2,17,18,22). The van der Waals surface area contributed by atoms with Crippen LogP contribution in [0.2, 0.25) is 0 Å². The first-order chi connectivity index (χ1) is 10.7. The Bertz CT molecular complexity index is 505. The van der Waals surface area contributed by atoms with E-state index in [2.05, 4.69) is 32.3 Å². The summed E-state index contributed by atoms with van der Waals surface area (Å²) in [5.41, 5.74) is 0. The summed E-state index contributed by atoms with van der Waals surface area (Å²) >= 11 is 0. The molecule has 0 radical (unpaired) electrons. The Morgan fingerprint density at radius 2 is 2.00 bits per heavy atom. The maximum Gasteiger partial charge on any atom is 0.315 e. The van der Waals surface area contributed by atoms with Gasteiger partial charge in [0.2, 0.25) is 0 Å². The van der Waals surface area contributed by atoms with Crippen molar-refractivity contribution < 1.29 is 4.79 Å². The average Bonchev–Trinajstić information content (AvgIpc) is 2.75. The van der Waals surface area contributed by atoms with E-state index >= 15 is 0 Å². The third-order valence-corrected chi connectivity index (χ3v) is 4.94. The van der Waals surface area contributed by atoms with Gasteiger partial charge in [-0.05, 0) is 44.4 Å². The Morgan fingerprint density at radius 3 is 2.82 bits per heavy atom. The lowest BCUT2D eigenvalue weighted by atomic mass is 9.87. The average molecular weight is 305 g/mol. The number of nitrogens with zero attached hydrogens (tertiary/aromatic N) is 3. The van der Waals surface area contributed by atoms with Crippen LogP contribution in [0.3, 0.4) is 0 Å². The second kappa shape index (κ2) is 7.11. The zero-order valence-electron chi connectivity index (χ0n) is 13.5. The minimum absolute atomic E-state index is 0.0782. The molecule has 1 fully saturated rings. The molecule has 1 aromatic heterocycles. The van der Waals surface area contributed by atoms with Crippen molar-refractivity contribution in [3.05, 3.63) is 11.6 Å². The van der Waals surface area contributed by atoms with Crippen molar-refractivity contribution in [3.8, 4) is 0 Å². The van der Waals surface area contributed by atoms with Crippen LogP contribution in [-0.2, 0) is 19.5 Å². The Morgan fingerprint density at radius 1 is 1.18 bits per heavy atom. The molecule has 0 saturated heterocycles. The molecular formula is C16H27N5O. The lowest BCUT2D eigenvalue weighted by Gasteiger charge is -2.26. The van der Waals surface area contributed by atoms with Gasteiger partial charge in [0.1, 0.15) is 5.82 Å². The first-order valence-corrected chi connectivity index (χ1v) is 8.67. The molecule has 2 N–H and O–H groups in total. The van der Waals surface area contributed by atoms with Crippen LogP contribution in [0, 0.1) is 5.92 Å². The van der Waals surface area contributed by atoms with E-state index in [1.165, 1.54) is 32.1 Å². The van der Waals surface area contributed by atoms with Gasteiger partial charge >= 0.3 is 6.03 Å². The van der Waals surface area contributed by atoms with E-state index in [9.17, 15) is 4.79 Å². The molecular weight excluding hydrogens is 278 g/mol. The number of hydrogen-bond donors (Lipinski definition) is 2. The van der Waals surface area contributed by atoms with Gasteiger partial charge in [-0.1, -0.05) is 13.3 Å². The summed E-state index contributed by atoms with van der Waals surface area (Å²) in [5, 5.41) is 14.5. The van der Waals surface area contributed by atoms with Crippen molar-refractivity contribution in [1.29, 1.82) is 0 Å². The van der Waals surface area contributed by atoms with Gasteiger partial charge in [-0.25, -0.2) is 4.79 Å². The number of carbonyl (C=O) groups is 1. The number of urea groups is 1. The highest BCUT2D eigenvalue weighted by Crippen LogP contribution is 2.23. The largest absolute Gasteiger partial charge is 0.335 e. The van der Waals surface area contributed by atoms with Crippen LogP contribution in [0.1, 0.15) is 63.5 Å². The molecule has 1 saturated carbocycles. The van der Waals surface area contributed by atoms with Crippen LogP contribution < -0.4 is 10.6 Å². The number of rotatable bonds is 3. The summed E-state index contributed by atoms with van der Waals surface area (Å²) in [7, 11) is 0. The van der Waals surface area contributed by atoms with E-state index in [1.54, 1.807) is 0 Å². The minimum atomic E-state index is -0.0782. The number of amides is 2. The first kappa shape index (κ1) is 15.3. The van der Waals surface area contributed by atoms with Crippen LogP contribution >= 0.6 is 0 Å².